The van der Waals surface area contributed by atoms with Crippen molar-refractivity contribution >= 4 is 35.3 Å². The predicted octanol–water partition coefficient (Wildman–Crippen LogP) is 3.70. The van der Waals surface area contributed by atoms with Crippen molar-refractivity contribution in [2.24, 2.45) is 5.10 Å². The van der Waals surface area contributed by atoms with Crippen molar-refractivity contribution in [3.63, 3.8) is 0 Å². The number of hydrogen-bond donors (Lipinski definition) is 1. The van der Waals surface area contributed by atoms with E-state index in [1.54, 1.807) is 36.7 Å². The molecule has 0 saturated heterocycles. The molecule has 120 valence electrons. The number of pyridine rings is 1. The minimum Gasteiger partial charge on any atom is -0.492 e. The molecule has 23 heavy (non-hydrogen) atoms. The molecule has 1 heterocycles. The maximum Gasteiger partial charge on any atom is 0.240 e. The minimum atomic E-state index is -0.184. The lowest BCUT2D eigenvalue weighted by Crippen LogP contribution is -2.18. The van der Waals surface area contributed by atoms with Crippen LogP contribution in [-0.4, -0.2) is 23.7 Å². The van der Waals surface area contributed by atoms with Gasteiger partial charge in [0.1, 0.15) is 5.75 Å². The summed E-state index contributed by atoms with van der Waals surface area (Å²) in [6.45, 7) is 0.376. The Morgan fingerprint density at radius 1 is 1.35 bits per heavy atom. The minimum absolute atomic E-state index is 0.184. The molecule has 1 aromatic heterocycles. The number of carbonyl (C=O) groups excluding carboxylic acids is 1. The molecule has 1 amide bonds. The Kier molecular flexibility index (Phi) is 6.84. The van der Waals surface area contributed by atoms with E-state index in [9.17, 15) is 4.79 Å². The highest BCUT2D eigenvalue weighted by molar-refractivity contribution is 6.35. The number of nitrogens with one attached hydrogen (secondary N) is 1. The maximum atomic E-state index is 11.6. The van der Waals surface area contributed by atoms with Crippen LogP contribution in [0.2, 0.25) is 10.0 Å². The summed E-state index contributed by atoms with van der Waals surface area (Å²) in [5.74, 6) is 0.363. The second-order valence-corrected chi connectivity index (χ2v) is 5.45. The molecule has 0 unspecified atom stereocenters. The maximum absolute atomic E-state index is 11.6. The first-order chi connectivity index (χ1) is 11.1. The highest BCUT2D eigenvalue weighted by atomic mass is 35.5. The number of rotatable bonds is 7. The molecule has 2 rings (SSSR count). The fourth-order valence-corrected chi connectivity index (χ4v) is 2.16. The van der Waals surface area contributed by atoms with Gasteiger partial charge < -0.3 is 4.74 Å². The van der Waals surface area contributed by atoms with Crippen molar-refractivity contribution in [3.05, 3.63) is 58.3 Å². The second-order valence-electron chi connectivity index (χ2n) is 4.61. The van der Waals surface area contributed by atoms with E-state index in [0.717, 1.165) is 5.56 Å². The quantitative estimate of drug-likeness (QED) is 0.470. The van der Waals surface area contributed by atoms with Crippen LogP contribution in [0.25, 0.3) is 0 Å². The molecule has 1 N–H and O–H groups in total. The van der Waals surface area contributed by atoms with Gasteiger partial charge in [0, 0.05) is 29.4 Å². The standard InChI is InChI=1S/C16H15Cl2N3O2/c17-13-5-6-15(14(18)9-13)23-8-2-4-16(22)21-20-11-12-3-1-7-19-10-12/h1,3,5-7,9-11H,2,4,8H2,(H,21,22). The summed E-state index contributed by atoms with van der Waals surface area (Å²) < 4.78 is 5.50. The first kappa shape index (κ1) is 17.2. The topological polar surface area (TPSA) is 63.6 Å². The zero-order valence-corrected chi connectivity index (χ0v) is 13.7. The van der Waals surface area contributed by atoms with E-state index in [0.29, 0.717) is 35.2 Å². The Balaban J connectivity index is 1.66. The average Bonchev–Trinajstić information content (AvgIpc) is 2.54. The summed E-state index contributed by atoms with van der Waals surface area (Å²) in [5, 5.41) is 4.86. The molecule has 0 spiro atoms. The summed E-state index contributed by atoms with van der Waals surface area (Å²) in [5.41, 5.74) is 3.27. The van der Waals surface area contributed by atoms with Crippen molar-refractivity contribution < 1.29 is 9.53 Å². The summed E-state index contributed by atoms with van der Waals surface area (Å²) in [4.78, 5) is 15.6. The lowest BCUT2D eigenvalue weighted by molar-refractivity contribution is -0.121. The number of carbonyl (C=O) groups is 1. The number of ether oxygens (including phenoxy) is 1. The van der Waals surface area contributed by atoms with Gasteiger partial charge in [-0.2, -0.15) is 5.10 Å². The van der Waals surface area contributed by atoms with Gasteiger partial charge in [-0.1, -0.05) is 29.3 Å². The molecule has 2 aromatic rings. The van der Waals surface area contributed by atoms with Crippen LogP contribution in [0.4, 0.5) is 0 Å². The highest BCUT2D eigenvalue weighted by Crippen LogP contribution is 2.27. The van der Waals surface area contributed by atoms with Crippen molar-refractivity contribution in [3.8, 4) is 5.75 Å². The molecule has 1 aromatic carbocycles. The van der Waals surface area contributed by atoms with Crippen molar-refractivity contribution in [2.45, 2.75) is 12.8 Å². The number of hydrogen-bond acceptors (Lipinski definition) is 4. The van der Waals surface area contributed by atoms with Crippen LogP contribution in [0.15, 0.2) is 47.8 Å². The predicted molar refractivity (Wildman–Crippen MR) is 91.2 cm³/mol. The first-order valence-electron chi connectivity index (χ1n) is 6.95. The van der Waals surface area contributed by atoms with E-state index in [2.05, 4.69) is 15.5 Å². The Bertz CT molecular complexity index is 678. The molecule has 0 fully saturated rings. The molecule has 0 saturated carbocycles. The number of benzene rings is 1. The van der Waals surface area contributed by atoms with E-state index >= 15 is 0 Å². The highest BCUT2D eigenvalue weighted by Gasteiger charge is 2.04. The van der Waals surface area contributed by atoms with E-state index in [1.165, 1.54) is 6.21 Å². The average molecular weight is 352 g/mol. The summed E-state index contributed by atoms with van der Waals surface area (Å²) in [6.07, 6.45) is 5.71. The van der Waals surface area contributed by atoms with Gasteiger partial charge >= 0.3 is 0 Å². The first-order valence-corrected chi connectivity index (χ1v) is 7.70. The third-order valence-corrected chi connectivity index (χ3v) is 3.32. The van der Waals surface area contributed by atoms with Crippen LogP contribution in [-0.2, 0) is 4.79 Å². The fourth-order valence-electron chi connectivity index (χ4n) is 1.69. The number of hydrazone groups is 1. The van der Waals surface area contributed by atoms with Gasteiger partial charge in [0.2, 0.25) is 5.91 Å². The molecule has 0 atom stereocenters. The van der Waals surface area contributed by atoms with E-state index in [1.807, 2.05) is 6.07 Å². The van der Waals surface area contributed by atoms with Crippen LogP contribution < -0.4 is 10.2 Å². The fraction of sp³-hybridized carbons (Fsp3) is 0.188. The van der Waals surface area contributed by atoms with E-state index < -0.39 is 0 Å². The summed E-state index contributed by atoms with van der Waals surface area (Å²) in [7, 11) is 0. The molecule has 0 aliphatic carbocycles. The van der Waals surface area contributed by atoms with Crippen molar-refractivity contribution in [1.82, 2.24) is 10.4 Å². The summed E-state index contributed by atoms with van der Waals surface area (Å²) >= 11 is 11.8. The largest absolute Gasteiger partial charge is 0.492 e. The van der Waals surface area contributed by atoms with Crippen LogP contribution >= 0.6 is 23.2 Å². The van der Waals surface area contributed by atoms with Crippen LogP contribution in [0, 0.1) is 0 Å². The number of aromatic nitrogens is 1. The van der Waals surface area contributed by atoms with Gasteiger partial charge in [-0.15, -0.1) is 0 Å². The Labute approximate surface area is 144 Å². The van der Waals surface area contributed by atoms with Gasteiger partial charge in [-0.3, -0.25) is 9.78 Å². The van der Waals surface area contributed by atoms with Gasteiger partial charge in [0.15, 0.2) is 0 Å². The zero-order chi connectivity index (χ0) is 16.5. The Morgan fingerprint density at radius 2 is 2.22 bits per heavy atom. The number of nitrogens with zero attached hydrogens (tertiary/aromatic N) is 2. The third kappa shape index (κ3) is 6.26. The van der Waals surface area contributed by atoms with Gasteiger partial charge in [-0.05, 0) is 30.7 Å². The van der Waals surface area contributed by atoms with Gasteiger partial charge in [0.05, 0.1) is 17.8 Å². The molecule has 0 radical (unpaired) electrons. The summed E-state index contributed by atoms with van der Waals surface area (Å²) in [6, 6.07) is 8.64. The third-order valence-electron chi connectivity index (χ3n) is 2.79. The second kappa shape index (κ2) is 9.12. The molecule has 0 bridgehead atoms. The molecule has 5 nitrogen and oxygen atoms in total. The van der Waals surface area contributed by atoms with Crippen LogP contribution in [0.1, 0.15) is 18.4 Å². The Morgan fingerprint density at radius 3 is 2.96 bits per heavy atom. The monoisotopic (exact) mass is 351 g/mol. The molecular weight excluding hydrogens is 337 g/mol. The normalized spacial score (nSPS) is 10.7. The van der Waals surface area contributed by atoms with Gasteiger partial charge in [-0.25, -0.2) is 5.43 Å². The molecule has 0 aliphatic heterocycles. The molecule has 0 aliphatic rings. The van der Waals surface area contributed by atoms with Crippen molar-refractivity contribution in [2.75, 3.05) is 6.61 Å². The van der Waals surface area contributed by atoms with Crippen LogP contribution in [0.5, 0.6) is 5.75 Å². The molecule has 7 heteroatoms. The zero-order valence-electron chi connectivity index (χ0n) is 12.2. The SMILES string of the molecule is O=C(CCCOc1ccc(Cl)cc1Cl)NN=Cc1cccnc1. The van der Waals surface area contributed by atoms with Crippen molar-refractivity contribution in [1.29, 1.82) is 0 Å². The van der Waals surface area contributed by atoms with E-state index in [4.69, 9.17) is 27.9 Å². The van der Waals surface area contributed by atoms with Gasteiger partial charge in [0.25, 0.3) is 0 Å². The smallest absolute Gasteiger partial charge is 0.240 e. The number of halogens is 2. The lowest BCUT2D eigenvalue weighted by atomic mass is 10.3. The lowest BCUT2D eigenvalue weighted by Gasteiger charge is -2.07. The molecular formula is C16H15Cl2N3O2. The van der Waals surface area contributed by atoms with E-state index in [-0.39, 0.29) is 5.91 Å². The number of amides is 1. The Hall–Kier alpha value is -2.11. The van der Waals surface area contributed by atoms with Crippen LogP contribution in [0.3, 0.4) is 0 Å².